The summed E-state index contributed by atoms with van der Waals surface area (Å²) in [4.78, 5) is 2.32. The summed E-state index contributed by atoms with van der Waals surface area (Å²) in [6, 6.07) is 10.8. The van der Waals surface area contributed by atoms with Gasteiger partial charge in [-0.05, 0) is 66.0 Å². The van der Waals surface area contributed by atoms with Crippen LogP contribution >= 0.6 is 0 Å². The first-order valence-electron chi connectivity index (χ1n) is 12.5. The number of benzene rings is 2. The number of piperazine rings is 1. The number of sulfonamides is 1. The van der Waals surface area contributed by atoms with E-state index >= 15 is 0 Å². The Morgan fingerprint density at radius 2 is 1.47 bits per heavy atom. The maximum atomic E-state index is 13.4. The number of nitrogens with zero attached hydrogens (tertiary/aromatic N) is 2. The number of rotatable bonds is 7. The van der Waals surface area contributed by atoms with Crippen molar-refractivity contribution in [2.45, 2.75) is 76.9 Å². The molecule has 0 amide bonds. The Morgan fingerprint density at radius 3 is 1.97 bits per heavy atom. The highest BCUT2D eigenvalue weighted by atomic mass is 32.2. The van der Waals surface area contributed by atoms with Gasteiger partial charge in [0.15, 0.2) is 5.60 Å². The third kappa shape index (κ3) is 5.08. The molecule has 2 aliphatic heterocycles. The number of aliphatic hydroxyl groups is 1. The van der Waals surface area contributed by atoms with Crippen molar-refractivity contribution in [2.24, 2.45) is 0 Å². The summed E-state index contributed by atoms with van der Waals surface area (Å²) < 4.78 is 66.2. The van der Waals surface area contributed by atoms with Crippen LogP contribution < -0.4 is 0 Å². The number of hydrogen-bond acceptors (Lipinski definition) is 4. The van der Waals surface area contributed by atoms with Crippen molar-refractivity contribution in [3.05, 3.63) is 58.7 Å². The first-order valence-corrected chi connectivity index (χ1v) is 14.4. The first-order chi connectivity index (χ1) is 16.8. The molecule has 2 aromatic rings. The molecular formula is C27H35F3N2O3S. The average molecular weight is 525 g/mol. The summed E-state index contributed by atoms with van der Waals surface area (Å²) in [5.74, 6) is 0. The van der Waals surface area contributed by atoms with Crippen LogP contribution in [-0.2, 0) is 35.0 Å². The fourth-order valence-corrected chi connectivity index (χ4v) is 7.22. The molecule has 2 aliphatic rings. The smallest absolute Gasteiger partial charge is 0.376 e. The summed E-state index contributed by atoms with van der Waals surface area (Å²) in [6.07, 6.45) is -0.380. The second-order valence-electron chi connectivity index (χ2n) is 10.3. The minimum absolute atomic E-state index is 0.0307. The van der Waals surface area contributed by atoms with Gasteiger partial charge < -0.3 is 5.11 Å². The van der Waals surface area contributed by atoms with Crippen LogP contribution in [0.2, 0.25) is 0 Å². The standard InChI is InChI=1S/C27H35F3N2O3S/c1-5-19-13-18(15-31-16-22-9-10-23(17-31)32(22)36(4,34)35)7-11-24(19)25-12-8-21(14-20(25)6-2)26(3,33)27(28,29)30/h7-8,11-14,22-23,33H,5-6,9-10,15-17H2,1-4H3. The van der Waals surface area contributed by atoms with Gasteiger partial charge in [0.05, 0.1) is 6.26 Å². The Morgan fingerprint density at radius 1 is 0.944 bits per heavy atom. The van der Waals surface area contributed by atoms with Crippen molar-refractivity contribution >= 4 is 10.0 Å². The Labute approximate surface area is 212 Å². The zero-order valence-electron chi connectivity index (χ0n) is 21.3. The van der Waals surface area contributed by atoms with Crippen LogP contribution in [0.5, 0.6) is 0 Å². The van der Waals surface area contributed by atoms with Gasteiger partial charge in [-0.1, -0.05) is 50.2 Å². The van der Waals surface area contributed by atoms with Crippen molar-refractivity contribution in [3.63, 3.8) is 0 Å². The lowest BCUT2D eigenvalue weighted by Crippen LogP contribution is -2.54. The van der Waals surface area contributed by atoms with Crippen LogP contribution in [0, 0.1) is 0 Å². The van der Waals surface area contributed by atoms with Gasteiger partial charge >= 0.3 is 6.18 Å². The van der Waals surface area contributed by atoms with E-state index in [0.717, 1.165) is 60.5 Å². The summed E-state index contributed by atoms with van der Waals surface area (Å²) in [7, 11) is -3.20. The molecule has 2 fully saturated rings. The third-order valence-corrected chi connectivity index (χ3v) is 9.08. The van der Waals surface area contributed by atoms with E-state index in [9.17, 15) is 26.7 Å². The zero-order chi connectivity index (χ0) is 26.5. The highest BCUT2D eigenvalue weighted by Gasteiger charge is 2.51. The molecule has 4 rings (SSSR count). The van der Waals surface area contributed by atoms with E-state index in [1.165, 1.54) is 18.4 Å². The van der Waals surface area contributed by atoms with Gasteiger partial charge in [0.25, 0.3) is 0 Å². The molecule has 2 aromatic carbocycles. The predicted octanol–water partition coefficient (Wildman–Crippen LogP) is 4.86. The van der Waals surface area contributed by atoms with Gasteiger partial charge in [-0.25, -0.2) is 8.42 Å². The Balaban J connectivity index is 1.58. The number of halogens is 3. The molecule has 36 heavy (non-hydrogen) atoms. The predicted molar refractivity (Wildman–Crippen MR) is 135 cm³/mol. The number of aryl methyl sites for hydroxylation is 2. The van der Waals surface area contributed by atoms with E-state index in [0.29, 0.717) is 19.5 Å². The molecule has 0 aliphatic carbocycles. The van der Waals surface area contributed by atoms with Crippen molar-refractivity contribution in [1.29, 1.82) is 0 Å². The molecule has 2 saturated heterocycles. The first kappa shape index (κ1) is 27.1. The van der Waals surface area contributed by atoms with Crippen LogP contribution in [0.1, 0.15) is 55.9 Å². The minimum Gasteiger partial charge on any atom is -0.376 e. The van der Waals surface area contributed by atoms with Crippen molar-refractivity contribution < 1.29 is 26.7 Å². The number of hydrogen-bond donors (Lipinski definition) is 1. The Hall–Kier alpha value is -1.94. The lowest BCUT2D eigenvalue weighted by Gasteiger charge is -2.39. The van der Waals surface area contributed by atoms with E-state index in [-0.39, 0.29) is 17.6 Å². The summed E-state index contributed by atoms with van der Waals surface area (Å²) >= 11 is 0. The average Bonchev–Trinajstić information content (AvgIpc) is 3.09. The van der Waals surface area contributed by atoms with Gasteiger partial charge in [0, 0.05) is 31.7 Å². The fraction of sp³-hybridized carbons (Fsp3) is 0.556. The molecule has 0 radical (unpaired) electrons. The summed E-state index contributed by atoms with van der Waals surface area (Å²) in [5, 5.41) is 10.1. The summed E-state index contributed by atoms with van der Waals surface area (Å²) in [6.45, 7) is 6.90. The van der Waals surface area contributed by atoms with Gasteiger partial charge in [0.2, 0.25) is 10.0 Å². The molecular weight excluding hydrogens is 489 g/mol. The lowest BCUT2D eigenvalue weighted by atomic mass is 9.87. The molecule has 0 aromatic heterocycles. The maximum absolute atomic E-state index is 13.4. The summed E-state index contributed by atoms with van der Waals surface area (Å²) in [5.41, 5.74) is 1.79. The molecule has 2 bridgehead atoms. The van der Waals surface area contributed by atoms with E-state index in [1.54, 1.807) is 10.4 Å². The molecule has 3 unspecified atom stereocenters. The van der Waals surface area contributed by atoms with Crippen LogP contribution in [-0.4, -0.2) is 60.3 Å². The highest BCUT2D eigenvalue weighted by Crippen LogP contribution is 2.40. The topological polar surface area (TPSA) is 60.9 Å². The molecule has 198 valence electrons. The van der Waals surface area contributed by atoms with Crippen LogP contribution in [0.15, 0.2) is 36.4 Å². The van der Waals surface area contributed by atoms with Crippen LogP contribution in [0.25, 0.3) is 11.1 Å². The molecule has 0 saturated carbocycles. The van der Waals surface area contributed by atoms with Crippen molar-refractivity contribution in [3.8, 4) is 11.1 Å². The van der Waals surface area contributed by atoms with E-state index in [1.807, 2.05) is 13.0 Å². The molecule has 3 atom stereocenters. The monoisotopic (exact) mass is 524 g/mol. The van der Waals surface area contributed by atoms with E-state index in [2.05, 4.69) is 24.0 Å². The third-order valence-electron chi connectivity index (χ3n) is 7.72. The van der Waals surface area contributed by atoms with Gasteiger partial charge in [-0.2, -0.15) is 17.5 Å². The Kier molecular flexibility index (Phi) is 7.33. The SMILES string of the molecule is CCc1cc(CN2CC3CCC(C2)N3S(C)(=O)=O)ccc1-c1ccc(C(C)(O)C(F)(F)F)cc1CC. The molecule has 2 heterocycles. The molecule has 0 spiro atoms. The second kappa shape index (κ2) is 9.74. The zero-order valence-corrected chi connectivity index (χ0v) is 22.1. The minimum atomic E-state index is -4.76. The van der Waals surface area contributed by atoms with E-state index < -0.39 is 21.8 Å². The number of alkyl halides is 3. The fourth-order valence-electron chi connectivity index (χ4n) is 5.80. The van der Waals surface area contributed by atoms with Crippen LogP contribution in [0.4, 0.5) is 13.2 Å². The normalized spacial score (nSPS) is 23.1. The lowest BCUT2D eigenvalue weighted by molar-refractivity contribution is -0.258. The maximum Gasteiger partial charge on any atom is 0.421 e. The molecule has 9 heteroatoms. The van der Waals surface area contributed by atoms with E-state index in [4.69, 9.17) is 0 Å². The largest absolute Gasteiger partial charge is 0.421 e. The molecule has 5 nitrogen and oxygen atoms in total. The molecule has 1 N–H and O–H groups in total. The second-order valence-corrected chi connectivity index (χ2v) is 12.2. The van der Waals surface area contributed by atoms with Crippen molar-refractivity contribution in [1.82, 2.24) is 9.21 Å². The highest BCUT2D eigenvalue weighted by molar-refractivity contribution is 7.88. The number of likely N-dealkylation sites (tertiary alicyclic amines) is 1. The van der Waals surface area contributed by atoms with Crippen molar-refractivity contribution in [2.75, 3.05) is 19.3 Å². The van der Waals surface area contributed by atoms with Gasteiger partial charge in [-0.3, -0.25) is 4.90 Å². The Bertz CT molecular complexity index is 1210. The van der Waals surface area contributed by atoms with Gasteiger partial charge in [0.1, 0.15) is 0 Å². The van der Waals surface area contributed by atoms with Gasteiger partial charge in [-0.15, -0.1) is 0 Å². The number of fused-ring (bicyclic) bond motifs is 2. The van der Waals surface area contributed by atoms with Crippen LogP contribution in [0.3, 0.4) is 0 Å². The quantitative estimate of drug-likeness (QED) is 0.562.